The molecule has 0 amide bonds. The second-order valence-electron chi connectivity index (χ2n) is 3.03. The zero-order valence-electron chi connectivity index (χ0n) is 8.17. The monoisotopic (exact) mass is 172 g/mol. The van der Waals surface area contributed by atoms with Gasteiger partial charge in [-0.2, -0.15) is 0 Å². The van der Waals surface area contributed by atoms with E-state index < -0.39 is 6.23 Å². The molecule has 1 atom stereocenters. The fourth-order valence-electron chi connectivity index (χ4n) is 0.831. The van der Waals surface area contributed by atoms with Crippen LogP contribution in [0.4, 0.5) is 0 Å². The molecule has 0 rings (SSSR count). The lowest BCUT2D eigenvalue weighted by molar-refractivity contribution is 0.184. The number of rotatable bonds is 6. The minimum absolute atomic E-state index is 0.505. The van der Waals surface area contributed by atoms with Gasteiger partial charge in [0.1, 0.15) is 6.23 Å². The highest BCUT2D eigenvalue weighted by atomic mass is 16.3. The van der Waals surface area contributed by atoms with Gasteiger partial charge in [-0.25, -0.2) is 0 Å². The molecule has 0 aromatic rings. The zero-order chi connectivity index (χ0) is 9.40. The van der Waals surface area contributed by atoms with Gasteiger partial charge in [-0.1, -0.05) is 19.9 Å². The van der Waals surface area contributed by atoms with Crippen LogP contribution in [0.15, 0.2) is 12.2 Å². The smallest absolute Gasteiger partial charge is 0.124 e. The Balaban J connectivity index is 3.19. The van der Waals surface area contributed by atoms with E-state index in [9.17, 15) is 5.11 Å². The molecule has 0 spiro atoms. The van der Waals surface area contributed by atoms with Crippen molar-refractivity contribution < 1.29 is 5.11 Å². The van der Waals surface area contributed by atoms with Gasteiger partial charge in [-0.05, 0) is 13.0 Å². The summed E-state index contributed by atoms with van der Waals surface area (Å²) >= 11 is 0. The molecule has 0 aliphatic rings. The van der Waals surface area contributed by atoms with Gasteiger partial charge in [0.25, 0.3) is 0 Å². The van der Waals surface area contributed by atoms with Crippen molar-refractivity contribution >= 4 is 0 Å². The molecule has 3 N–H and O–H groups in total. The summed E-state index contributed by atoms with van der Waals surface area (Å²) in [6.45, 7) is 7.75. The Bertz CT molecular complexity index is 124. The third-order valence-electron chi connectivity index (χ3n) is 1.41. The molecular weight excluding hydrogens is 152 g/mol. The van der Waals surface area contributed by atoms with Crippen molar-refractivity contribution in [2.24, 2.45) is 0 Å². The summed E-state index contributed by atoms with van der Waals surface area (Å²) in [7, 11) is 0. The SMILES string of the molecule is C/C=C/C(O)NCCNC(C)C. The number of hydrogen-bond acceptors (Lipinski definition) is 3. The standard InChI is InChI=1S/C9H20N2O/c1-4-5-9(12)11-7-6-10-8(2)3/h4-5,8-12H,6-7H2,1-3H3/b5-4+. The summed E-state index contributed by atoms with van der Waals surface area (Å²) in [5.74, 6) is 0. The van der Waals surface area contributed by atoms with E-state index in [4.69, 9.17) is 0 Å². The summed E-state index contributed by atoms with van der Waals surface area (Å²) in [6.07, 6.45) is 3.03. The van der Waals surface area contributed by atoms with E-state index in [2.05, 4.69) is 24.5 Å². The van der Waals surface area contributed by atoms with E-state index in [-0.39, 0.29) is 0 Å². The van der Waals surface area contributed by atoms with Gasteiger partial charge in [0, 0.05) is 19.1 Å². The predicted octanol–water partition coefficient (Wildman–Crippen LogP) is 0.468. The van der Waals surface area contributed by atoms with Crippen LogP contribution >= 0.6 is 0 Å². The van der Waals surface area contributed by atoms with Crippen molar-refractivity contribution in [1.29, 1.82) is 0 Å². The van der Waals surface area contributed by atoms with E-state index >= 15 is 0 Å². The van der Waals surface area contributed by atoms with E-state index in [0.717, 1.165) is 13.1 Å². The predicted molar refractivity (Wildman–Crippen MR) is 52.0 cm³/mol. The first kappa shape index (κ1) is 11.6. The van der Waals surface area contributed by atoms with Crippen molar-refractivity contribution in [3.8, 4) is 0 Å². The number of allylic oxidation sites excluding steroid dienone is 1. The minimum atomic E-state index is -0.510. The highest BCUT2D eigenvalue weighted by Crippen LogP contribution is 1.79. The number of nitrogens with one attached hydrogen (secondary N) is 2. The van der Waals surface area contributed by atoms with Gasteiger partial charge in [0.15, 0.2) is 0 Å². The van der Waals surface area contributed by atoms with Crippen LogP contribution in [-0.2, 0) is 0 Å². The number of aliphatic hydroxyl groups is 1. The van der Waals surface area contributed by atoms with E-state index in [1.807, 2.05) is 13.0 Å². The largest absolute Gasteiger partial charge is 0.375 e. The lowest BCUT2D eigenvalue weighted by Crippen LogP contribution is -2.36. The molecule has 0 saturated heterocycles. The quantitative estimate of drug-likeness (QED) is 0.310. The Morgan fingerprint density at radius 3 is 2.33 bits per heavy atom. The Kier molecular flexibility index (Phi) is 7.05. The number of aliphatic hydroxyl groups excluding tert-OH is 1. The van der Waals surface area contributed by atoms with Gasteiger partial charge in [-0.15, -0.1) is 0 Å². The molecule has 0 saturated carbocycles. The van der Waals surface area contributed by atoms with Crippen LogP contribution in [0.2, 0.25) is 0 Å². The van der Waals surface area contributed by atoms with Crippen molar-refractivity contribution in [3.63, 3.8) is 0 Å². The van der Waals surface area contributed by atoms with Crippen LogP contribution in [0.25, 0.3) is 0 Å². The van der Waals surface area contributed by atoms with Gasteiger partial charge in [0.2, 0.25) is 0 Å². The maximum atomic E-state index is 9.19. The lowest BCUT2D eigenvalue weighted by Gasteiger charge is -2.10. The molecule has 0 bridgehead atoms. The average molecular weight is 172 g/mol. The van der Waals surface area contributed by atoms with Crippen molar-refractivity contribution in [3.05, 3.63) is 12.2 Å². The van der Waals surface area contributed by atoms with Crippen LogP contribution in [0, 0.1) is 0 Å². The summed E-state index contributed by atoms with van der Waals surface area (Å²) in [5.41, 5.74) is 0. The highest BCUT2D eigenvalue weighted by Gasteiger charge is 1.95. The molecule has 0 fully saturated rings. The summed E-state index contributed by atoms with van der Waals surface area (Å²) in [4.78, 5) is 0. The van der Waals surface area contributed by atoms with Crippen LogP contribution in [0.1, 0.15) is 20.8 Å². The Morgan fingerprint density at radius 2 is 1.83 bits per heavy atom. The maximum Gasteiger partial charge on any atom is 0.124 e. The van der Waals surface area contributed by atoms with Crippen molar-refractivity contribution in [2.45, 2.75) is 33.0 Å². The molecule has 72 valence electrons. The third-order valence-corrected chi connectivity index (χ3v) is 1.41. The minimum Gasteiger partial charge on any atom is -0.375 e. The molecule has 3 nitrogen and oxygen atoms in total. The van der Waals surface area contributed by atoms with Crippen molar-refractivity contribution in [1.82, 2.24) is 10.6 Å². The Labute approximate surface area is 74.9 Å². The van der Waals surface area contributed by atoms with Gasteiger partial charge in [-0.3, -0.25) is 5.32 Å². The molecular formula is C9H20N2O. The molecule has 0 aliphatic heterocycles. The van der Waals surface area contributed by atoms with Crippen LogP contribution in [0.5, 0.6) is 0 Å². The molecule has 0 aromatic heterocycles. The maximum absolute atomic E-state index is 9.19. The van der Waals surface area contributed by atoms with Crippen LogP contribution in [0.3, 0.4) is 0 Å². The second-order valence-corrected chi connectivity index (χ2v) is 3.03. The molecule has 3 heteroatoms. The topological polar surface area (TPSA) is 44.3 Å². The van der Waals surface area contributed by atoms with Gasteiger partial charge >= 0.3 is 0 Å². The van der Waals surface area contributed by atoms with Crippen LogP contribution in [-0.4, -0.2) is 30.5 Å². The molecule has 0 aromatic carbocycles. The molecule has 12 heavy (non-hydrogen) atoms. The molecule has 0 heterocycles. The molecule has 0 radical (unpaired) electrons. The summed E-state index contributed by atoms with van der Waals surface area (Å²) in [6, 6.07) is 0.505. The first-order chi connectivity index (χ1) is 5.66. The van der Waals surface area contributed by atoms with E-state index in [1.54, 1.807) is 6.08 Å². The summed E-state index contributed by atoms with van der Waals surface area (Å²) in [5, 5.41) is 15.4. The van der Waals surface area contributed by atoms with Crippen LogP contribution < -0.4 is 10.6 Å². The first-order valence-electron chi connectivity index (χ1n) is 4.44. The normalized spacial score (nSPS) is 14.4. The fourth-order valence-corrected chi connectivity index (χ4v) is 0.831. The van der Waals surface area contributed by atoms with Gasteiger partial charge in [0.05, 0.1) is 0 Å². The average Bonchev–Trinajstić information content (AvgIpc) is 1.98. The van der Waals surface area contributed by atoms with Gasteiger partial charge < -0.3 is 10.4 Å². The number of hydrogen-bond donors (Lipinski definition) is 3. The fraction of sp³-hybridized carbons (Fsp3) is 0.778. The van der Waals surface area contributed by atoms with E-state index in [1.165, 1.54) is 0 Å². The molecule has 1 unspecified atom stereocenters. The Morgan fingerprint density at radius 1 is 1.25 bits per heavy atom. The Hall–Kier alpha value is -0.380. The zero-order valence-corrected chi connectivity index (χ0v) is 8.17. The highest BCUT2D eigenvalue weighted by molar-refractivity contribution is 4.83. The summed E-state index contributed by atoms with van der Waals surface area (Å²) < 4.78 is 0. The van der Waals surface area contributed by atoms with Crippen molar-refractivity contribution in [2.75, 3.05) is 13.1 Å². The second kappa shape index (κ2) is 7.28. The molecule has 0 aliphatic carbocycles. The first-order valence-corrected chi connectivity index (χ1v) is 4.44. The lowest BCUT2D eigenvalue weighted by atomic mass is 10.4. The third kappa shape index (κ3) is 7.72. The van der Waals surface area contributed by atoms with E-state index in [0.29, 0.717) is 6.04 Å².